The van der Waals surface area contributed by atoms with Crippen LogP contribution in [0.3, 0.4) is 0 Å². The van der Waals surface area contributed by atoms with E-state index < -0.39 is 5.54 Å². The summed E-state index contributed by atoms with van der Waals surface area (Å²) in [5, 5.41) is 0. The van der Waals surface area contributed by atoms with Gasteiger partial charge in [-0.3, -0.25) is 9.59 Å². The highest BCUT2D eigenvalue weighted by Gasteiger charge is 2.48. The number of halogens is 1. The lowest BCUT2D eigenvalue weighted by Gasteiger charge is -2.50. The van der Waals surface area contributed by atoms with Crippen LogP contribution >= 0.6 is 0 Å². The van der Waals surface area contributed by atoms with Crippen LogP contribution in [0, 0.1) is 5.82 Å². The number of fused-ring (bicyclic) bond motifs is 2. The smallest absolute Gasteiger partial charge is 0.249 e. The number of carbonyl (C=O) groups is 2. The summed E-state index contributed by atoms with van der Waals surface area (Å²) in [6.45, 7) is 1.69. The number of nitrogens with zero attached hydrogens (tertiary/aromatic N) is 3. The van der Waals surface area contributed by atoms with E-state index in [1.54, 1.807) is 23.4 Å². The van der Waals surface area contributed by atoms with E-state index in [0.717, 1.165) is 17.8 Å². The molecule has 4 rings (SSSR count). The number of imidazole rings is 1. The molecule has 29 heavy (non-hydrogen) atoms. The van der Waals surface area contributed by atoms with Gasteiger partial charge in [0.1, 0.15) is 12.4 Å². The molecule has 2 aliphatic heterocycles. The van der Waals surface area contributed by atoms with Crippen LogP contribution in [-0.4, -0.2) is 64.9 Å². The minimum absolute atomic E-state index is 0.0294. The number of H-pyrrole nitrogens is 1. The number of ether oxygens (including phenoxy) is 1. The average molecular weight is 400 g/mol. The predicted molar refractivity (Wildman–Crippen MR) is 103 cm³/mol. The molecule has 7 nitrogen and oxygen atoms in total. The van der Waals surface area contributed by atoms with Crippen molar-refractivity contribution < 1.29 is 18.7 Å². The number of aromatic amines is 1. The maximum atomic E-state index is 13.4. The fourth-order valence-electron chi connectivity index (χ4n) is 4.61. The molecular formula is C21H25FN4O3. The van der Waals surface area contributed by atoms with Crippen molar-refractivity contribution >= 4 is 11.8 Å². The lowest BCUT2D eigenvalue weighted by atomic mass is 9.78. The van der Waals surface area contributed by atoms with Gasteiger partial charge in [0.25, 0.3) is 0 Å². The Kier molecular flexibility index (Phi) is 5.36. The summed E-state index contributed by atoms with van der Waals surface area (Å²) < 4.78 is 18.5. The Morgan fingerprint density at radius 2 is 2.03 bits per heavy atom. The van der Waals surface area contributed by atoms with Crippen LogP contribution in [-0.2, 0) is 32.7 Å². The SMILES string of the molecule is COCC(=O)N1CCc2[nH]cnc2C12CCN(C(=O)Cc1cccc(F)c1)CC2. The number of benzene rings is 1. The lowest BCUT2D eigenvalue weighted by Crippen LogP contribution is -2.59. The first-order valence-electron chi connectivity index (χ1n) is 9.88. The molecule has 8 heteroatoms. The topological polar surface area (TPSA) is 78.5 Å². The van der Waals surface area contributed by atoms with Gasteiger partial charge in [-0.1, -0.05) is 12.1 Å². The Balaban J connectivity index is 1.51. The fraction of sp³-hybridized carbons (Fsp3) is 0.476. The number of carbonyl (C=O) groups excluding carboxylic acids is 2. The van der Waals surface area contributed by atoms with Crippen LogP contribution in [0.2, 0.25) is 0 Å². The minimum atomic E-state index is -0.515. The number of likely N-dealkylation sites (tertiary alicyclic amines) is 1. The van der Waals surface area contributed by atoms with Crippen LogP contribution in [0.5, 0.6) is 0 Å². The van der Waals surface area contributed by atoms with Crippen molar-refractivity contribution in [2.45, 2.75) is 31.2 Å². The first-order valence-corrected chi connectivity index (χ1v) is 9.88. The summed E-state index contributed by atoms with van der Waals surface area (Å²) in [7, 11) is 1.52. The van der Waals surface area contributed by atoms with Gasteiger partial charge in [0.05, 0.1) is 24.0 Å². The van der Waals surface area contributed by atoms with Crippen molar-refractivity contribution in [1.82, 2.24) is 19.8 Å². The van der Waals surface area contributed by atoms with E-state index in [-0.39, 0.29) is 30.7 Å². The molecule has 0 unspecified atom stereocenters. The van der Waals surface area contributed by atoms with Crippen LogP contribution in [0.15, 0.2) is 30.6 Å². The van der Waals surface area contributed by atoms with E-state index in [0.29, 0.717) is 38.0 Å². The van der Waals surface area contributed by atoms with Gasteiger partial charge in [-0.2, -0.15) is 0 Å². The Hall–Kier alpha value is -2.74. The molecule has 1 N–H and O–H groups in total. The zero-order valence-electron chi connectivity index (χ0n) is 16.5. The van der Waals surface area contributed by atoms with Crippen molar-refractivity contribution in [3.63, 3.8) is 0 Å². The van der Waals surface area contributed by atoms with Gasteiger partial charge in [0.15, 0.2) is 0 Å². The fourth-order valence-corrected chi connectivity index (χ4v) is 4.61. The van der Waals surface area contributed by atoms with Gasteiger partial charge in [-0.05, 0) is 30.5 Å². The maximum absolute atomic E-state index is 13.4. The van der Waals surface area contributed by atoms with Crippen molar-refractivity contribution in [2.75, 3.05) is 33.4 Å². The molecule has 0 radical (unpaired) electrons. The molecule has 2 aromatic rings. The maximum Gasteiger partial charge on any atom is 0.249 e. The van der Waals surface area contributed by atoms with Crippen LogP contribution < -0.4 is 0 Å². The first kappa shape index (κ1) is 19.6. The van der Waals surface area contributed by atoms with E-state index in [1.807, 2.05) is 4.90 Å². The molecule has 0 bridgehead atoms. The number of methoxy groups -OCH3 is 1. The average Bonchev–Trinajstić information content (AvgIpc) is 3.19. The molecular weight excluding hydrogens is 375 g/mol. The molecule has 2 aliphatic rings. The summed E-state index contributed by atoms with van der Waals surface area (Å²) in [6, 6.07) is 6.14. The van der Waals surface area contributed by atoms with E-state index >= 15 is 0 Å². The number of hydrogen-bond donors (Lipinski definition) is 1. The number of nitrogens with one attached hydrogen (secondary N) is 1. The van der Waals surface area contributed by atoms with Crippen molar-refractivity contribution in [2.24, 2.45) is 0 Å². The van der Waals surface area contributed by atoms with E-state index in [4.69, 9.17) is 4.74 Å². The van der Waals surface area contributed by atoms with Crippen molar-refractivity contribution in [3.05, 3.63) is 53.4 Å². The van der Waals surface area contributed by atoms with Crippen molar-refractivity contribution in [3.8, 4) is 0 Å². The van der Waals surface area contributed by atoms with E-state index in [1.165, 1.54) is 19.2 Å². The molecule has 0 saturated carbocycles. The van der Waals surface area contributed by atoms with Gasteiger partial charge in [0.2, 0.25) is 11.8 Å². The third-order valence-electron chi connectivity index (χ3n) is 6.02. The van der Waals surface area contributed by atoms with Crippen LogP contribution in [0.25, 0.3) is 0 Å². The third-order valence-corrected chi connectivity index (χ3v) is 6.02. The number of hydrogen-bond acceptors (Lipinski definition) is 4. The van der Waals surface area contributed by atoms with E-state index in [2.05, 4.69) is 9.97 Å². The lowest BCUT2D eigenvalue weighted by molar-refractivity contribution is -0.147. The number of amides is 2. The normalized spacial score (nSPS) is 18.0. The zero-order valence-corrected chi connectivity index (χ0v) is 16.5. The molecule has 3 heterocycles. The van der Waals surface area contributed by atoms with Crippen molar-refractivity contribution in [1.29, 1.82) is 0 Å². The Bertz CT molecular complexity index is 905. The largest absolute Gasteiger partial charge is 0.375 e. The molecule has 154 valence electrons. The summed E-state index contributed by atoms with van der Waals surface area (Å²) in [5.41, 5.74) is 2.12. The highest BCUT2D eigenvalue weighted by Crippen LogP contribution is 2.42. The van der Waals surface area contributed by atoms with E-state index in [9.17, 15) is 14.0 Å². The van der Waals surface area contributed by atoms with Crippen LogP contribution in [0.4, 0.5) is 4.39 Å². The molecule has 1 spiro atoms. The van der Waals surface area contributed by atoms with Gasteiger partial charge in [0, 0.05) is 38.9 Å². The predicted octanol–water partition coefficient (Wildman–Crippen LogP) is 1.64. The summed E-state index contributed by atoms with van der Waals surface area (Å²) in [5.74, 6) is -0.424. The minimum Gasteiger partial charge on any atom is -0.375 e. The molecule has 0 atom stereocenters. The standard InChI is InChI=1S/C21H25FN4O3/c1-29-13-19(28)26-8-5-17-20(24-14-23-17)21(26)6-9-25(10-7-21)18(27)12-15-3-2-4-16(22)11-15/h2-4,11,14H,5-10,12-13H2,1H3,(H,23,24). The Morgan fingerprint density at radius 3 is 2.76 bits per heavy atom. The number of piperidine rings is 1. The second-order valence-corrected chi connectivity index (χ2v) is 7.68. The number of aromatic nitrogens is 2. The molecule has 0 aliphatic carbocycles. The molecule has 2 amide bonds. The zero-order chi connectivity index (χ0) is 20.4. The Labute approximate surface area is 168 Å². The van der Waals surface area contributed by atoms with Gasteiger partial charge in [-0.25, -0.2) is 9.37 Å². The first-order chi connectivity index (χ1) is 14.0. The molecule has 1 fully saturated rings. The molecule has 1 aromatic carbocycles. The summed E-state index contributed by atoms with van der Waals surface area (Å²) in [6.07, 6.45) is 3.82. The van der Waals surface area contributed by atoms with Gasteiger partial charge < -0.3 is 19.5 Å². The molecule has 1 saturated heterocycles. The van der Waals surface area contributed by atoms with Gasteiger partial charge in [-0.15, -0.1) is 0 Å². The second kappa shape index (κ2) is 7.94. The highest BCUT2D eigenvalue weighted by molar-refractivity contribution is 5.80. The highest BCUT2D eigenvalue weighted by atomic mass is 19.1. The number of rotatable bonds is 4. The quantitative estimate of drug-likeness (QED) is 0.846. The second-order valence-electron chi connectivity index (χ2n) is 7.68. The Morgan fingerprint density at radius 1 is 1.24 bits per heavy atom. The van der Waals surface area contributed by atoms with Gasteiger partial charge >= 0.3 is 0 Å². The van der Waals surface area contributed by atoms with Crippen LogP contribution in [0.1, 0.15) is 29.8 Å². The monoisotopic (exact) mass is 400 g/mol. The summed E-state index contributed by atoms with van der Waals surface area (Å²) in [4.78, 5) is 36.9. The third kappa shape index (κ3) is 3.64. The molecule has 1 aromatic heterocycles. The summed E-state index contributed by atoms with van der Waals surface area (Å²) >= 11 is 0.